The largest absolute Gasteiger partial charge is 0.396 e. The van der Waals surface area contributed by atoms with Crippen LogP contribution in [0.25, 0.3) is 11.0 Å². The van der Waals surface area contributed by atoms with Gasteiger partial charge in [-0.3, -0.25) is 0 Å². The van der Waals surface area contributed by atoms with E-state index in [2.05, 4.69) is 15.3 Å². The van der Waals surface area contributed by atoms with Crippen LogP contribution in [0, 0.1) is 0 Å². The summed E-state index contributed by atoms with van der Waals surface area (Å²) in [5, 5.41) is 11.9. The number of aliphatic hydroxyl groups is 1. The number of rotatable bonds is 5. The number of benzene rings is 1. The maximum Gasteiger partial charge on any atom is 0.323 e. The van der Waals surface area contributed by atoms with Crippen LogP contribution in [0.3, 0.4) is 0 Å². The average Bonchev–Trinajstić information content (AvgIpc) is 2.64. The first-order valence-electron chi connectivity index (χ1n) is 5.36. The Morgan fingerprint density at radius 1 is 1.19 bits per heavy atom. The van der Waals surface area contributed by atoms with Crippen LogP contribution in [0.5, 0.6) is 0 Å². The Morgan fingerprint density at radius 2 is 2.00 bits per heavy atom. The van der Waals surface area contributed by atoms with Crippen molar-refractivity contribution in [1.82, 2.24) is 9.97 Å². The van der Waals surface area contributed by atoms with Gasteiger partial charge in [-0.2, -0.15) is 0 Å². The second-order valence-corrected chi connectivity index (χ2v) is 3.70. The molecule has 2 aromatic rings. The third kappa shape index (κ3) is 2.43. The number of hydrogen-bond acceptors (Lipinski definition) is 3. The molecule has 0 spiro atoms. The van der Waals surface area contributed by atoms with Gasteiger partial charge in [-0.05, 0) is 31.0 Å². The zero-order valence-corrected chi connectivity index (χ0v) is 8.92. The van der Waals surface area contributed by atoms with Crippen LogP contribution in [0.4, 0.5) is 5.69 Å². The molecule has 0 unspecified atom stereocenters. The van der Waals surface area contributed by atoms with E-state index in [9.17, 15) is 4.79 Å². The molecule has 0 bridgehead atoms. The van der Waals surface area contributed by atoms with Crippen molar-refractivity contribution in [1.29, 1.82) is 0 Å². The fourth-order valence-corrected chi connectivity index (χ4v) is 1.61. The second kappa shape index (κ2) is 4.85. The van der Waals surface area contributed by atoms with Crippen molar-refractivity contribution in [3.05, 3.63) is 28.7 Å². The third-order valence-corrected chi connectivity index (χ3v) is 2.43. The van der Waals surface area contributed by atoms with Gasteiger partial charge in [0.1, 0.15) is 0 Å². The highest BCUT2D eigenvalue weighted by Crippen LogP contribution is 2.14. The monoisotopic (exact) mass is 221 g/mol. The molecule has 5 heteroatoms. The van der Waals surface area contributed by atoms with Crippen LogP contribution in [0.15, 0.2) is 23.0 Å². The summed E-state index contributed by atoms with van der Waals surface area (Å²) in [5.74, 6) is 0. The van der Waals surface area contributed by atoms with Crippen molar-refractivity contribution in [2.24, 2.45) is 0 Å². The molecule has 5 nitrogen and oxygen atoms in total. The summed E-state index contributed by atoms with van der Waals surface area (Å²) in [6.07, 6.45) is 1.73. The Kier molecular flexibility index (Phi) is 3.26. The number of aromatic amines is 2. The highest BCUT2D eigenvalue weighted by atomic mass is 16.2. The van der Waals surface area contributed by atoms with Crippen molar-refractivity contribution < 1.29 is 5.11 Å². The van der Waals surface area contributed by atoms with Gasteiger partial charge in [0.2, 0.25) is 0 Å². The molecule has 1 aromatic heterocycles. The Hall–Kier alpha value is -1.75. The average molecular weight is 221 g/mol. The van der Waals surface area contributed by atoms with E-state index in [0.29, 0.717) is 0 Å². The lowest BCUT2D eigenvalue weighted by Gasteiger charge is -2.05. The van der Waals surface area contributed by atoms with E-state index < -0.39 is 0 Å². The standard InChI is InChI=1S/C11H15N3O2/c15-6-2-1-5-12-8-3-4-9-10(7-8)14-11(16)13-9/h3-4,7,12,15H,1-2,5-6H2,(H2,13,14,16). The van der Waals surface area contributed by atoms with Gasteiger partial charge in [-0.1, -0.05) is 0 Å². The SMILES string of the molecule is O=c1[nH]c2ccc(NCCCCO)cc2[nH]1. The van der Waals surface area contributed by atoms with Crippen molar-refractivity contribution in [2.45, 2.75) is 12.8 Å². The van der Waals surface area contributed by atoms with E-state index in [1.807, 2.05) is 18.2 Å². The van der Waals surface area contributed by atoms with Gasteiger partial charge in [0.25, 0.3) is 0 Å². The van der Waals surface area contributed by atoms with Gasteiger partial charge >= 0.3 is 5.69 Å². The maximum atomic E-state index is 11.0. The fourth-order valence-electron chi connectivity index (χ4n) is 1.61. The molecule has 1 aromatic carbocycles. The van der Waals surface area contributed by atoms with Crippen LogP contribution in [0.2, 0.25) is 0 Å². The van der Waals surface area contributed by atoms with Gasteiger partial charge in [-0.25, -0.2) is 4.79 Å². The highest BCUT2D eigenvalue weighted by molar-refractivity contribution is 5.78. The van der Waals surface area contributed by atoms with E-state index in [0.717, 1.165) is 36.1 Å². The predicted molar refractivity (Wildman–Crippen MR) is 63.7 cm³/mol. The number of nitrogens with one attached hydrogen (secondary N) is 3. The summed E-state index contributed by atoms with van der Waals surface area (Å²) < 4.78 is 0. The van der Waals surface area contributed by atoms with E-state index in [1.165, 1.54) is 0 Å². The lowest BCUT2D eigenvalue weighted by Crippen LogP contribution is -2.02. The molecule has 0 amide bonds. The number of hydrogen-bond donors (Lipinski definition) is 4. The first-order valence-corrected chi connectivity index (χ1v) is 5.36. The van der Waals surface area contributed by atoms with Gasteiger partial charge in [-0.15, -0.1) is 0 Å². The Bertz CT molecular complexity index is 515. The van der Waals surface area contributed by atoms with Crippen molar-refractivity contribution in [3.8, 4) is 0 Å². The summed E-state index contributed by atoms with van der Waals surface area (Å²) >= 11 is 0. The molecule has 86 valence electrons. The topological polar surface area (TPSA) is 80.9 Å². The second-order valence-electron chi connectivity index (χ2n) is 3.70. The fraction of sp³-hybridized carbons (Fsp3) is 0.364. The first kappa shape index (κ1) is 10.8. The smallest absolute Gasteiger partial charge is 0.323 e. The molecule has 1 heterocycles. The van der Waals surface area contributed by atoms with Crippen LogP contribution >= 0.6 is 0 Å². The number of unbranched alkanes of at least 4 members (excludes halogenated alkanes) is 1. The number of aromatic nitrogens is 2. The van der Waals surface area contributed by atoms with E-state index in [1.54, 1.807) is 0 Å². The molecule has 0 saturated carbocycles. The molecule has 0 fully saturated rings. The Labute approximate surface area is 92.5 Å². The first-order chi connectivity index (χ1) is 7.79. The quantitative estimate of drug-likeness (QED) is 0.569. The Balaban J connectivity index is 2.04. The highest BCUT2D eigenvalue weighted by Gasteiger charge is 1.98. The van der Waals surface area contributed by atoms with E-state index >= 15 is 0 Å². The molecule has 16 heavy (non-hydrogen) atoms. The van der Waals surface area contributed by atoms with Gasteiger partial charge < -0.3 is 20.4 Å². The number of fused-ring (bicyclic) bond motifs is 1. The molecule has 0 radical (unpaired) electrons. The lowest BCUT2D eigenvalue weighted by molar-refractivity contribution is 0.286. The molecule has 0 atom stereocenters. The minimum Gasteiger partial charge on any atom is -0.396 e. The maximum absolute atomic E-state index is 11.0. The molecule has 0 saturated heterocycles. The zero-order chi connectivity index (χ0) is 11.4. The van der Waals surface area contributed by atoms with E-state index in [4.69, 9.17) is 5.11 Å². The molecule has 2 rings (SSSR count). The summed E-state index contributed by atoms with van der Waals surface area (Å²) in [6, 6.07) is 5.68. The number of aliphatic hydroxyl groups excluding tert-OH is 1. The number of anilines is 1. The van der Waals surface area contributed by atoms with Crippen LogP contribution in [-0.4, -0.2) is 28.2 Å². The normalized spacial score (nSPS) is 10.8. The van der Waals surface area contributed by atoms with Crippen LogP contribution in [0.1, 0.15) is 12.8 Å². The van der Waals surface area contributed by atoms with Crippen molar-refractivity contribution in [3.63, 3.8) is 0 Å². The van der Waals surface area contributed by atoms with Crippen LogP contribution in [-0.2, 0) is 0 Å². The minimum absolute atomic E-state index is 0.188. The predicted octanol–water partition coefficient (Wildman–Crippen LogP) is 1.04. The molecule has 0 aliphatic carbocycles. The van der Waals surface area contributed by atoms with Crippen LogP contribution < -0.4 is 11.0 Å². The minimum atomic E-state index is -0.188. The molecular formula is C11H15N3O2. The molecule has 0 aliphatic rings. The molecule has 4 N–H and O–H groups in total. The Morgan fingerprint density at radius 3 is 2.81 bits per heavy atom. The summed E-state index contributed by atoms with van der Waals surface area (Å²) in [6.45, 7) is 1.05. The molecular weight excluding hydrogens is 206 g/mol. The van der Waals surface area contributed by atoms with Crippen molar-refractivity contribution in [2.75, 3.05) is 18.5 Å². The zero-order valence-electron chi connectivity index (χ0n) is 8.92. The van der Waals surface area contributed by atoms with Crippen molar-refractivity contribution >= 4 is 16.7 Å². The summed E-state index contributed by atoms with van der Waals surface area (Å²) in [5.41, 5.74) is 2.40. The van der Waals surface area contributed by atoms with Gasteiger partial charge in [0, 0.05) is 18.8 Å². The molecule has 0 aliphatic heterocycles. The summed E-state index contributed by atoms with van der Waals surface area (Å²) in [4.78, 5) is 16.4. The lowest BCUT2D eigenvalue weighted by atomic mass is 10.2. The number of H-pyrrole nitrogens is 2. The van der Waals surface area contributed by atoms with Gasteiger partial charge in [0.05, 0.1) is 11.0 Å². The third-order valence-electron chi connectivity index (χ3n) is 2.43. The van der Waals surface area contributed by atoms with Gasteiger partial charge in [0.15, 0.2) is 0 Å². The van der Waals surface area contributed by atoms with E-state index in [-0.39, 0.29) is 12.3 Å². The summed E-state index contributed by atoms with van der Waals surface area (Å²) in [7, 11) is 0. The number of imidazole rings is 1.